The van der Waals surface area contributed by atoms with Crippen LogP contribution in [-0.4, -0.2) is 35.7 Å². The van der Waals surface area contributed by atoms with Crippen LogP contribution in [0.15, 0.2) is 36.4 Å². The number of carbonyl (C=O) groups excluding carboxylic acids is 2. The minimum absolute atomic E-state index is 0.0366. The number of rotatable bonds is 5. The maximum atomic E-state index is 15.2. The maximum absolute atomic E-state index is 15.2. The van der Waals surface area contributed by atoms with E-state index in [0.29, 0.717) is 22.8 Å². The largest absolute Gasteiger partial charge is 0.326 e. The molecule has 158 valence electrons. The average molecular weight is 450 g/mol. The highest BCUT2D eigenvalue weighted by molar-refractivity contribution is 6.31. The minimum Gasteiger partial charge on any atom is -0.326 e. The first-order valence-electron chi connectivity index (χ1n) is 9.89. The van der Waals surface area contributed by atoms with E-state index in [1.165, 1.54) is 6.07 Å². The first kappa shape index (κ1) is 21.2. The summed E-state index contributed by atoms with van der Waals surface area (Å²) in [6.07, 6.45) is 1.66. The molecule has 0 aromatic heterocycles. The predicted molar refractivity (Wildman–Crippen MR) is 115 cm³/mol. The Morgan fingerprint density at radius 2 is 2.07 bits per heavy atom. The standard InChI is InChI=1S/C22H22Cl2FN3O2/c1-2-9-28-17(8-10-29)20(26)18(13-4-3-5-15(24)19(13)25)22(28)14-7-6-12(23)11-16(14)27-21(22)30/h3-7,10-11,17-18,20H,2,8-9,26H2,1H3,(H,27,30)/t17-,18-,20+,22+/m0/s1. The molecule has 1 spiro atoms. The number of nitrogens with zero attached hydrogens (tertiary/aromatic N) is 1. The molecule has 5 nitrogen and oxygen atoms in total. The van der Waals surface area contributed by atoms with Gasteiger partial charge >= 0.3 is 0 Å². The van der Waals surface area contributed by atoms with Crippen LogP contribution in [0.3, 0.4) is 0 Å². The number of carbonyl (C=O) groups is 2. The lowest BCUT2D eigenvalue weighted by Crippen LogP contribution is -2.52. The third kappa shape index (κ3) is 2.89. The monoisotopic (exact) mass is 449 g/mol. The number of anilines is 1. The molecule has 0 unspecified atom stereocenters. The van der Waals surface area contributed by atoms with Gasteiger partial charge in [0.15, 0.2) is 0 Å². The number of aldehydes is 1. The van der Waals surface area contributed by atoms with Gasteiger partial charge in [-0.2, -0.15) is 0 Å². The molecule has 1 saturated heterocycles. The van der Waals surface area contributed by atoms with Gasteiger partial charge < -0.3 is 15.8 Å². The molecular formula is C22H22Cl2FN3O2. The number of nitrogens with two attached hydrogens (primary N) is 1. The summed E-state index contributed by atoms with van der Waals surface area (Å²) in [5, 5.41) is 3.35. The van der Waals surface area contributed by atoms with Crippen molar-refractivity contribution >= 4 is 41.1 Å². The molecule has 1 amide bonds. The third-order valence-corrected chi connectivity index (χ3v) is 6.77. The van der Waals surface area contributed by atoms with Crippen LogP contribution in [0.4, 0.5) is 10.1 Å². The molecule has 0 bridgehead atoms. The number of fused-ring (bicyclic) bond motifs is 2. The van der Waals surface area contributed by atoms with E-state index >= 15 is 4.39 Å². The summed E-state index contributed by atoms with van der Waals surface area (Å²) in [5.41, 5.74) is 6.91. The molecule has 0 saturated carbocycles. The Morgan fingerprint density at radius 3 is 2.77 bits per heavy atom. The molecule has 2 aromatic rings. The second kappa shape index (κ2) is 7.93. The Kier molecular flexibility index (Phi) is 5.62. The van der Waals surface area contributed by atoms with E-state index in [9.17, 15) is 9.59 Å². The Hall–Kier alpha value is -1.99. The van der Waals surface area contributed by atoms with Crippen molar-refractivity contribution in [1.29, 1.82) is 0 Å². The second-order valence-electron chi connectivity index (χ2n) is 7.77. The van der Waals surface area contributed by atoms with Crippen LogP contribution in [0.2, 0.25) is 10.0 Å². The number of benzene rings is 2. The van der Waals surface area contributed by atoms with Crippen molar-refractivity contribution in [3.05, 3.63) is 63.4 Å². The van der Waals surface area contributed by atoms with Crippen molar-refractivity contribution in [1.82, 2.24) is 4.90 Å². The fourth-order valence-corrected chi connectivity index (χ4v) is 5.55. The van der Waals surface area contributed by atoms with Crippen molar-refractivity contribution in [2.24, 2.45) is 5.73 Å². The van der Waals surface area contributed by atoms with E-state index < -0.39 is 29.4 Å². The molecule has 2 aromatic carbocycles. The molecule has 2 aliphatic heterocycles. The molecular weight excluding hydrogens is 428 g/mol. The number of nitrogens with one attached hydrogen (secondary N) is 1. The van der Waals surface area contributed by atoms with Crippen LogP contribution in [0.1, 0.15) is 36.8 Å². The summed E-state index contributed by atoms with van der Waals surface area (Å²) < 4.78 is 15.2. The summed E-state index contributed by atoms with van der Waals surface area (Å²) >= 11 is 12.2. The van der Waals surface area contributed by atoms with Gasteiger partial charge in [0.2, 0.25) is 5.91 Å². The number of likely N-dealkylation sites (tertiary alicyclic amines) is 1. The van der Waals surface area contributed by atoms with Crippen LogP contribution >= 0.6 is 23.2 Å². The highest BCUT2D eigenvalue weighted by Crippen LogP contribution is 2.57. The summed E-state index contributed by atoms with van der Waals surface area (Å²) in [4.78, 5) is 27.1. The average Bonchev–Trinajstić information content (AvgIpc) is 3.11. The zero-order chi connectivity index (χ0) is 21.6. The Morgan fingerprint density at radius 1 is 1.30 bits per heavy atom. The molecule has 2 heterocycles. The van der Waals surface area contributed by atoms with Gasteiger partial charge in [-0.3, -0.25) is 9.69 Å². The van der Waals surface area contributed by atoms with Crippen LogP contribution in [0, 0.1) is 5.82 Å². The van der Waals surface area contributed by atoms with E-state index in [0.717, 1.165) is 12.7 Å². The summed E-state index contributed by atoms with van der Waals surface area (Å²) in [5.74, 6) is -1.64. The van der Waals surface area contributed by atoms with Gasteiger partial charge in [-0.25, -0.2) is 4.39 Å². The second-order valence-corrected chi connectivity index (χ2v) is 8.62. The maximum Gasteiger partial charge on any atom is 0.250 e. The fraction of sp³-hybridized carbons (Fsp3) is 0.364. The molecule has 3 N–H and O–H groups in total. The molecule has 4 atom stereocenters. The van der Waals surface area contributed by atoms with Crippen molar-refractivity contribution < 1.29 is 14.0 Å². The number of amides is 1. The van der Waals surface area contributed by atoms with Crippen LogP contribution in [0.5, 0.6) is 0 Å². The van der Waals surface area contributed by atoms with Gasteiger partial charge in [-0.1, -0.05) is 48.3 Å². The van der Waals surface area contributed by atoms with E-state index in [-0.39, 0.29) is 22.9 Å². The molecule has 2 aliphatic rings. The molecule has 30 heavy (non-hydrogen) atoms. The predicted octanol–water partition coefficient (Wildman–Crippen LogP) is 4.07. The zero-order valence-electron chi connectivity index (χ0n) is 16.4. The number of hydrogen-bond donors (Lipinski definition) is 2. The van der Waals surface area contributed by atoms with Crippen molar-refractivity contribution in [3.8, 4) is 0 Å². The third-order valence-electron chi connectivity index (χ3n) is 6.24. The number of hydrogen-bond acceptors (Lipinski definition) is 4. The van der Waals surface area contributed by atoms with Crippen molar-refractivity contribution in [2.75, 3.05) is 11.9 Å². The highest BCUT2D eigenvalue weighted by atomic mass is 35.5. The molecule has 0 aliphatic carbocycles. The van der Waals surface area contributed by atoms with Gasteiger partial charge in [0.25, 0.3) is 0 Å². The van der Waals surface area contributed by atoms with Gasteiger partial charge in [-0.05, 0) is 36.7 Å². The Labute approximate surface area is 184 Å². The summed E-state index contributed by atoms with van der Waals surface area (Å²) in [6.45, 7) is 2.50. The zero-order valence-corrected chi connectivity index (χ0v) is 17.9. The Bertz CT molecular complexity index is 1020. The lowest BCUT2D eigenvalue weighted by atomic mass is 9.73. The van der Waals surface area contributed by atoms with Gasteiger partial charge in [0.1, 0.15) is 17.6 Å². The van der Waals surface area contributed by atoms with Gasteiger partial charge in [0, 0.05) is 40.7 Å². The molecule has 0 radical (unpaired) electrons. The quantitative estimate of drug-likeness (QED) is 0.674. The Balaban J connectivity index is 2.03. The van der Waals surface area contributed by atoms with Gasteiger partial charge in [0.05, 0.1) is 5.02 Å². The minimum atomic E-state index is -1.27. The van der Waals surface area contributed by atoms with E-state index in [1.807, 2.05) is 11.8 Å². The topological polar surface area (TPSA) is 75.4 Å². The first-order valence-corrected chi connectivity index (χ1v) is 10.6. The van der Waals surface area contributed by atoms with Crippen molar-refractivity contribution in [2.45, 2.75) is 43.3 Å². The summed E-state index contributed by atoms with van der Waals surface area (Å²) in [6, 6.07) is 8.79. The molecule has 4 rings (SSSR count). The molecule has 8 heteroatoms. The van der Waals surface area contributed by atoms with Gasteiger partial charge in [-0.15, -0.1) is 0 Å². The lowest BCUT2D eigenvalue weighted by Gasteiger charge is -2.39. The van der Waals surface area contributed by atoms with Crippen LogP contribution in [-0.2, 0) is 15.1 Å². The van der Waals surface area contributed by atoms with Crippen molar-refractivity contribution in [3.63, 3.8) is 0 Å². The SMILES string of the molecule is CCCN1[C@@H](CC=O)[C@@H](N)[C@H](c2cccc(Cl)c2F)[C@]12C(=O)Nc1cc(Cl)ccc12. The van der Waals surface area contributed by atoms with Crippen LogP contribution < -0.4 is 11.1 Å². The number of halogens is 3. The first-order chi connectivity index (χ1) is 14.4. The summed E-state index contributed by atoms with van der Waals surface area (Å²) in [7, 11) is 0. The highest BCUT2D eigenvalue weighted by Gasteiger charge is 2.66. The lowest BCUT2D eigenvalue weighted by molar-refractivity contribution is -0.128. The van der Waals surface area contributed by atoms with Crippen LogP contribution in [0.25, 0.3) is 0 Å². The van der Waals surface area contributed by atoms with E-state index in [2.05, 4.69) is 5.32 Å². The fourth-order valence-electron chi connectivity index (χ4n) is 5.19. The smallest absolute Gasteiger partial charge is 0.250 e. The van der Waals surface area contributed by atoms with E-state index in [1.54, 1.807) is 30.3 Å². The van der Waals surface area contributed by atoms with E-state index in [4.69, 9.17) is 28.9 Å². The normalized spacial score (nSPS) is 28.0. The molecule has 1 fully saturated rings.